The van der Waals surface area contributed by atoms with E-state index in [9.17, 15) is 18.0 Å². The number of benzene rings is 1. The zero-order chi connectivity index (χ0) is 21.1. The third-order valence-corrected chi connectivity index (χ3v) is 5.98. The van der Waals surface area contributed by atoms with Gasteiger partial charge in [-0.05, 0) is 38.1 Å². The van der Waals surface area contributed by atoms with Gasteiger partial charge in [0.05, 0.1) is 23.3 Å². The largest absolute Gasteiger partial charge is 0.495 e. The molecule has 0 aliphatic rings. The van der Waals surface area contributed by atoms with Crippen molar-refractivity contribution >= 4 is 27.4 Å². The van der Waals surface area contributed by atoms with Crippen LogP contribution >= 0.6 is 0 Å². The van der Waals surface area contributed by atoms with Crippen molar-refractivity contribution in [3.8, 4) is 5.75 Å². The van der Waals surface area contributed by atoms with Crippen LogP contribution < -0.4 is 10.1 Å². The Kier molecular flexibility index (Phi) is 6.63. The highest BCUT2D eigenvalue weighted by Crippen LogP contribution is 2.28. The topological polar surface area (TPSA) is 106 Å². The summed E-state index contributed by atoms with van der Waals surface area (Å²) in [5.74, 6) is 0.968. The molecule has 28 heavy (non-hydrogen) atoms. The highest BCUT2D eigenvalue weighted by Gasteiger charge is 2.20. The molecule has 0 radical (unpaired) electrons. The van der Waals surface area contributed by atoms with Crippen molar-refractivity contribution in [2.45, 2.75) is 31.6 Å². The second-order valence-electron chi connectivity index (χ2n) is 6.44. The van der Waals surface area contributed by atoms with E-state index in [0.717, 1.165) is 4.31 Å². The summed E-state index contributed by atoms with van der Waals surface area (Å²) in [4.78, 5) is 23.9. The van der Waals surface area contributed by atoms with Crippen molar-refractivity contribution in [1.82, 2.24) is 4.31 Å². The van der Waals surface area contributed by atoms with E-state index in [1.807, 2.05) is 0 Å². The predicted octanol–water partition coefficient (Wildman–Crippen LogP) is 2.62. The number of hydrogen-bond donors (Lipinski definition) is 1. The first-order valence-corrected chi connectivity index (χ1v) is 10.0. The number of nitrogens with one attached hydrogen (secondary N) is 1. The average molecular weight is 408 g/mol. The molecule has 9 heteroatoms. The van der Waals surface area contributed by atoms with Gasteiger partial charge in [-0.1, -0.05) is 0 Å². The summed E-state index contributed by atoms with van der Waals surface area (Å²) >= 11 is 0. The molecule has 0 saturated carbocycles. The monoisotopic (exact) mass is 408 g/mol. The molecule has 0 saturated heterocycles. The summed E-state index contributed by atoms with van der Waals surface area (Å²) in [5, 5.41) is 2.67. The van der Waals surface area contributed by atoms with E-state index in [-0.39, 0.29) is 28.7 Å². The zero-order valence-electron chi connectivity index (χ0n) is 16.5. The van der Waals surface area contributed by atoms with Crippen molar-refractivity contribution in [1.29, 1.82) is 0 Å². The summed E-state index contributed by atoms with van der Waals surface area (Å²) in [6.07, 6.45) is 0.399. The third kappa shape index (κ3) is 4.79. The quantitative estimate of drug-likeness (QED) is 0.673. The molecule has 8 nitrogen and oxygen atoms in total. The normalized spacial score (nSPS) is 11.5. The Hall–Kier alpha value is -2.65. The Labute approximate surface area is 164 Å². The molecule has 152 valence electrons. The molecule has 0 atom stereocenters. The minimum Gasteiger partial charge on any atom is -0.495 e. The number of methoxy groups -OCH3 is 1. The standard InChI is InChI=1S/C19H24N2O6S/c1-12(22)16-10-14(27-13(16)2)6-9-19(23)20-17-11-15(7-8-18(17)26-5)28(24,25)21(3)4/h7-8,10-11H,6,9H2,1-5H3,(H,20,23). The molecule has 0 aliphatic heterocycles. The molecule has 0 unspecified atom stereocenters. The number of furan rings is 1. The molecule has 0 aliphatic carbocycles. The second kappa shape index (κ2) is 8.57. The lowest BCUT2D eigenvalue weighted by Crippen LogP contribution is -2.22. The molecule has 1 amide bonds. The molecule has 2 aromatic rings. The highest BCUT2D eigenvalue weighted by molar-refractivity contribution is 7.89. The van der Waals surface area contributed by atoms with Crippen molar-refractivity contribution in [2.75, 3.05) is 26.5 Å². The number of carbonyl (C=O) groups excluding carboxylic acids is 2. The van der Waals surface area contributed by atoms with Crippen LogP contribution in [0.1, 0.15) is 35.2 Å². The number of nitrogens with zero attached hydrogens (tertiary/aromatic N) is 1. The number of amides is 1. The van der Waals surface area contributed by atoms with Gasteiger partial charge in [0, 0.05) is 26.9 Å². The van der Waals surface area contributed by atoms with Crippen LogP contribution in [-0.2, 0) is 21.2 Å². The van der Waals surface area contributed by atoms with E-state index in [2.05, 4.69) is 5.32 Å². The molecule has 1 heterocycles. The predicted molar refractivity (Wildman–Crippen MR) is 104 cm³/mol. The van der Waals surface area contributed by atoms with Gasteiger partial charge in [-0.2, -0.15) is 0 Å². The first-order chi connectivity index (χ1) is 13.1. The van der Waals surface area contributed by atoms with Crippen molar-refractivity contribution < 1.29 is 27.2 Å². The van der Waals surface area contributed by atoms with Crippen LogP contribution in [-0.4, -0.2) is 45.6 Å². The van der Waals surface area contributed by atoms with Gasteiger partial charge >= 0.3 is 0 Å². The SMILES string of the molecule is COc1ccc(S(=O)(=O)N(C)C)cc1NC(=O)CCc1cc(C(C)=O)c(C)o1. The number of aryl methyl sites for hydroxylation is 2. The van der Waals surface area contributed by atoms with Crippen LogP contribution in [0.3, 0.4) is 0 Å². The molecule has 0 fully saturated rings. The Bertz CT molecular complexity index is 992. The fourth-order valence-electron chi connectivity index (χ4n) is 2.62. The highest BCUT2D eigenvalue weighted by atomic mass is 32.2. The van der Waals surface area contributed by atoms with Crippen LogP contribution in [0.4, 0.5) is 5.69 Å². The minimum absolute atomic E-state index is 0.0429. The molecular formula is C19H24N2O6S. The molecular weight excluding hydrogens is 384 g/mol. The Morgan fingerprint density at radius 1 is 1.21 bits per heavy atom. The van der Waals surface area contributed by atoms with Gasteiger partial charge in [0.1, 0.15) is 17.3 Å². The molecule has 1 N–H and O–H groups in total. The van der Waals surface area contributed by atoms with E-state index >= 15 is 0 Å². The number of carbonyl (C=O) groups is 2. The number of anilines is 1. The Morgan fingerprint density at radius 3 is 2.43 bits per heavy atom. The van der Waals surface area contributed by atoms with E-state index in [1.54, 1.807) is 13.0 Å². The lowest BCUT2D eigenvalue weighted by Gasteiger charge is -2.15. The van der Waals surface area contributed by atoms with Crippen molar-refractivity contribution in [3.05, 3.63) is 41.3 Å². The number of ether oxygens (including phenoxy) is 1. The van der Waals surface area contributed by atoms with Crippen molar-refractivity contribution in [2.24, 2.45) is 0 Å². The van der Waals surface area contributed by atoms with Gasteiger partial charge in [-0.25, -0.2) is 12.7 Å². The number of Topliss-reactive ketones (excluding diaryl/α,β-unsaturated/α-hetero) is 1. The van der Waals surface area contributed by atoms with Gasteiger partial charge in [0.2, 0.25) is 15.9 Å². The first-order valence-electron chi connectivity index (χ1n) is 8.57. The fraction of sp³-hybridized carbons (Fsp3) is 0.368. The van der Waals surface area contributed by atoms with Gasteiger partial charge in [-0.15, -0.1) is 0 Å². The molecule has 0 spiro atoms. The Balaban J connectivity index is 2.14. The van der Waals surface area contributed by atoms with Crippen LogP contribution in [0.2, 0.25) is 0 Å². The van der Waals surface area contributed by atoms with Crippen LogP contribution in [0.25, 0.3) is 0 Å². The van der Waals surface area contributed by atoms with Gasteiger partial charge in [0.15, 0.2) is 5.78 Å². The van der Waals surface area contributed by atoms with Crippen LogP contribution in [0, 0.1) is 6.92 Å². The van der Waals surface area contributed by atoms with E-state index in [4.69, 9.17) is 9.15 Å². The fourth-order valence-corrected chi connectivity index (χ4v) is 3.55. The maximum absolute atomic E-state index is 12.3. The summed E-state index contributed by atoms with van der Waals surface area (Å²) < 4.78 is 36.4. The maximum atomic E-state index is 12.3. The zero-order valence-corrected chi connectivity index (χ0v) is 17.3. The van der Waals surface area contributed by atoms with E-state index in [0.29, 0.717) is 29.3 Å². The molecule has 1 aromatic carbocycles. The first kappa shape index (κ1) is 21.6. The van der Waals surface area contributed by atoms with E-state index in [1.165, 1.54) is 46.3 Å². The average Bonchev–Trinajstić information content (AvgIpc) is 3.00. The molecule has 1 aromatic heterocycles. The van der Waals surface area contributed by atoms with Crippen LogP contribution in [0.5, 0.6) is 5.75 Å². The maximum Gasteiger partial charge on any atom is 0.242 e. The molecule has 2 rings (SSSR count). The summed E-state index contributed by atoms with van der Waals surface area (Å²) in [7, 11) is 0.643. The Morgan fingerprint density at radius 2 is 1.89 bits per heavy atom. The summed E-state index contributed by atoms with van der Waals surface area (Å²) in [6, 6.07) is 5.90. The third-order valence-electron chi connectivity index (χ3n) is 4.17. The van der Waals surface area contributed by atoms with Crippen molar-refractivity contribution in [3.63, 3.8) is 0 Å². The van der Waals surface area contributed by atoms with Gasteiger partial charge in [-0.3, -0.25) is 9.59 Å². The summed E-state index contributed by atoms with van der Waals surface area (Å²) in [6.45, 7) is 3.15. The minimum atomic E-state index is -3.65. The smallest absolute Gasteiger partial charge is 0.242 e. The number of rotatable bonds is 8. The molecule has 0 bridgehead atoms. The van der Waals surface area contributed by atoms with E-state index < -0.39 is 10.0 Å². The lowest BCUT2D eigenvalue weighted by atomic mass is 10.1. The van der Waals surface area contributed by atoms with Gasteiger partial charge < -0.3 is 14.5 Å². The number of ketones is 1. The summed E-state index contributed by atoms with van der Waals surface area (Å²) in [5.41, 5.74) is 0.758. The number of hydrogen-bond acceptors (Lipinski definition) is 6. The van der Waals surface area contributed by atoms with Gasteiger partial charge in [0.25, 0.3) is 0 Å². The van der Waals surface area contributed by atoms with Crippen LogP contribution in [0.15, 0.2) is 33.6 Å². The second-order valence-corrected chi connectivity index (χ2v) is 8.59. The lowest BCUT2D eigenvalue weighted by molar-refractivity contribution is -0.116. The number of sulfonamides is 1.